The van der Waals surface area contributed by atoms with Crippen molar-refractivity contribution in [3.05, 3.63) is 0 Å². The molecule has 0 fully saturated rings. The van der Waals surface area contributed by atoms with Crippen molar-refractivity contribution >= 4 is 23.6 Å². The molecular formula is C29H53NO7. The van der Waals surface area contributed by atoms with Crippen LogP contribution in [0.25, 0.3) is 0 Å². The maximum Gasteiger partial charge on any atom is 0.306 e. The molecule has 0 aromatic rings. The van der Waals surface area contributed by atoms with E-state index in [4.69, 9.17) is 9.84 Å². The van der Waals surface area contributed by atoms with Gasteiger partial charge in [-0.2, -0.15) is 0 Å². The van der Waals surface area contributed by atoms with Crippen molar-refractivity contribution < 1.29 is 34.1 Å². The van der Waals surface area contributed by atoms with Gasteiger partial charge < -0.3 is 20.3 Å². The van der Waals surface area contributed by atoms with Gasteiger partial charge in [0.05, 0.1) is 12.5 Å². The third-order valence-electron chi connectivity index (χ3n) is 6.77. The minimum absolute atomic E-state index is 0.00742. The summed E-state index contributed by atoms with van der Waals surface area (Å²) in [6, 6.07) is 0. The number of carbonyl (C=O) groups excluding carboxylic acids is 2. The molecule has 1 atom stereocenters. The highest BCUT2D eigenvalue weighted by Gasteiger charge is 2.21. The van der Waals surface area contributed by atoms with Crippen LogP contribution >= 0.6 is 0 Å². The first-order chi connectivity index (χ1) is 17.9. The summed E-state index contributed by atoms with van der Waals surface area (Å²) in [4.78, 5) is 45.8. The molecule has 1 unspecified atom stereocenters. The average molecular weight is 528 g/mol. The second kappa shape index (κ2) is 25.7. The number of hydrogen-bond acceptors (Lipinski definition) is 5. The molecule has 8 heteroatoms. The molecule has 37 heavy (non-hydrogen) atoms. The van der Waals surface area contributed by atoms with Gasteiger partial charge in [-0.25, -0.2) is 0 Å². The maximum absolute atomic E-state index is 12.2. The number of hydrogen-bond donors (Lipinski definition) is 3. The van der Waals surface area contributed by atoms with Gasteiger partial charge >= 0.3 is 11.9 Å². The van der Waals surface area contributed by atoms with Crippen LogP contribution in [0.3, 0.4) is 0 Å². The SMILES string of the molecule is COCCNC(=O)CCC(CC(=O)CCCCCCCCCCCCCCCCCCC(=O)O)C(=O)O. The second-order valence-electron chi connectivity index (χ2n) is 10.2. The van der Waals surface area contributed by atoms with Crippen molar-refractivity contribution in [2.75, 3.05) is 20.3 Å². The Morgan fingerprint density at radius 1 is 0.649 bits per heavy atom. The van der Waals surface area contributed by atoms with E-state index < -0.39 is 17.9 Å². The van der Waals surface area contributed by atoms with Crippen molar-refractivity contribution in [2.45, 2.75) is 135 Å². The fraction of sp³-hybridized carbons (Fsp3) is 0.862. The van der Waals surface area contributed by atoms with Gasteiger partial charge in [0.1, 0.15) is 5.78 Å². The number of ether oxygens (including phenoxy) is 1. The van der Waals surface area contributed by atoms with Crippen molar-refractivity contribution in [1.29, 1.82) is 0 Å². The average Bonchev–Trinajstić information content (AvgIpc) is 2.85. The Bertz CT molecular complexity index is 609. The minimum Gasteiger partial charge on any atom is -0.481 e. The molecule has 3 N–H and O–H groups in total. The summed E-state index contributed by atoms with van der Waals surface area (Å²) in [5, 5.41) is 20.6. The fourth-order valence-corrected chi connectivity index (χ4v) is 4.45. The zero-order valence-electron chi connectivity index (χ0n) is 23.3. The van der Waals surface area contributed by atoms with Crippen molar-refractivity contribution in [3.8, 4) is 0 Å². The van der Waals surface area contributed by atoms with E-state index in [0.717, 1.165) is 38.5 Å². The molecule has 0 radical (unpaired) electrons. The standard InChI is InChI=1S/C29H53NO7/c1-37-23-22-30-27(32)21-20-25(29(35)36)24-26(31)18-16-14-12-10-8-6-4-2-3-5-7-9-11-13-15-17-19-28(33)34/h25H,2-24H2,1H3,(H,30,32)(H,33,34)(H,35,36). The first-order valence-corrected chi connectivity index (χ1v) is 14.6. The third-order valence-corrected chi connectivity index (χ3v) is 6.77. The summed E-state index contributed by atoms with van der Waals surface area (Å²) < 4.78 is 4.86. The minimum atomic E-state index is -1.01. The lowest BCUT2D eigenvalue weighted by Gasteiger charge is -2.11. The molecular weight excluding hydrogens is 474 g/mol. The highest BCUT2D eigenvalue weighted by Crippen LogP contribution is 2.17. The van der Waals surface area contributed by atoms with Crippen LogP contribution < -0.4 is 5.32 Å². The van der Waals surface area contributed by atoms with Gasteiger partial charge in [-0.05, 0) is 19.3 Å². The predicted molar refractivity (Wildman–Crippen MR) is 146 cm³/mol. The summed E-state index contributed by atoms with van der Waals surface area (Å²) in [6.07, 6.45) is 19.6. The van der Waals surface area contributed by atoms with Crippen LogP contribution in [-0.2, 0) is 23.9 Å². The Labute approximate surface area is 224 Å². The van der Waals surface area contributed by atoms with Crippen LogP contribution in [0.15, 0.2) is 0 Å². The number of Topliss-reactive ketones (excluding diaryl/α,β-unsaturated/α-hetero) is 1. The van der Waals surface area contributed by atoms with E-state index in [1.165, 1.54) is 64.2 Å². The lowest BCUT2D eigenvalue weighted by Crippen LogP contribution is -2.28. The summed E-state index contributed by atoms with van der Waals surface area (Å²) in [5.74, 6) is -2.73. The molecule has 0 heterocycles. The second-order valence-corrected chi connectivity index (χ2v) is 10.2. The Hall–Kier alpha value is -1.96. The highest BCUT2D eigenvalue weighted by atomic mass is 16.5. The lowest BCUT2D eigenvalue weighted by atomic mass is 9.94. The van der Waals surface area contributed by atoms with Gasteiger partial charge in [0.2, 0.25) is 5.91 Å². The van der Waals surface area contributed by atoms with Crippen molar-refractivity contribution in [2.24, 2.45) is 5.92 Å². The zero-order valence-corrected chi connectivity index (χ0v) is 23.3. The van der Waals surface area contributed by atoms with Crippen LogP contribution in [0.2, 0.25) is 0 Å². The van der Waals surface area contributed by atoms with E-state index in [1.54, 1.807) is 7.11 Å². The summed E-state index contributed by atoms with van der Waals surface area (Å²) in [6.45, 7) is 0.807. The molecule has 0 bridgehead atoms. The number of methoxy groups -OCH3 is 1. The lowest BCUT2D eigenvalue weighted by molar-refractivity contribution is -0.144. The van der Waals surface area contributed by atoms with Crippen LogP contribution in [0, 0.1) is 5.92 Å². The smallest absolute Gasteiger partial charge is 0.306 e. The molecule has 0 aliphatic carbocycles. The molecule has 8 nitrogen and oxygen atoms in total. The van der Waals surface area contributed by atoms with Gasteiger partial charge in [0.25, 0.3) is 0 Å². The topological polar surface area (TPSA) is 130 Å². The number of aliphatic carboxylic acids is 2. The van der Waals surface area contributed by atoms with Crippen LogP contribution in [0.1, 0.15) is 135 Å². The Kier molecular flexibility index (Phi) is 24.3. The molecule has 0 rings (SSSR count). The summed E-state index contributed by atoms with van der Waals surface area (Å²) >= 11 is 0. The Morgan fingerprint density at radius 3 is 1.49 bits per heavy atom. The maximum atomic E-state index is 12.2. The number of amides is 1. The molecule has 0 spiro atoms. The molecule has 0 aliphatic heterocycles. The molecule has 216 valence electrons. The predicted octanol–water partition coefficient (Wildman–Crippen LogP) is 6.30. The molecule has 0 saturated heterocycles. The highest BCUT2D eigenvalue weighted by molar-refractivity contribution is 5.84. The van der Waals surface area contributed by atoms with Gasteiger partial charge in [0.15, 0.2) is 0 Å². The van der Waals surface area contributed by atoms with Crippen LogP contribution in [0.5, 0.6) is 0 Å². The first kappa shape index (κ1) is 35.0. The number of carboxylic acids is 2. The third kappa shape index (κ3) is 25.5. The van der Waals surface area contributed by atoms with E-state index in [2.05, 4.69) is 5.32 Å². The molecule has 0 aromatic heterocycles. The van der Waals surface area contributed by atoms with Crippen LogP contribution in [0.4, 0.5) is 0 Å². The van der Waals surface area contributed by atoms with Gasteiger partial charge in [-0.3, -0.25) is 19.2 Å². The van der Waals surface area contributed by atoms with Gasteiger partial charge in [-0.15, -0.1) is 0 Å². The van der Waals surface area contributed by atoms with Crippen molar-refractivity contribution in [1.82, 2.24) is 5.32 Å². The monoisotopic (exact) mass is 527 g/mol. The van der Waals surface area contributed by atoms with Crippen molar-refractivity contribution in [3.63, 3.8) is 0 Å². The summed E-state index contributed by atoms with van der Waals surface area (Å²) in [5.41, 5.74) is 0. The fourth-order valence-electron chi connectivity index (χ4n) is 4.45. The van der Waals surface area contributed by atoms with E-state index in [0.29, 0.717) is 26.0 Å². The van der Waals surface area contributed by atoms with Crippen LogP contribution in [-0.4, -0.2) is 54.1 Å². The van der Waals surface area contributed by atoms with Gasteiger partial charge in [0, 0.05) is 39.3 Å². The number of unbranched alkanes of at least 4 members (excludes halogenated alkanes) is 15. The summed E-state index contributed by atoms with van der Waals surface area (Å²) in [7, 11) is 1.54. The van der Waals surface area contributed by atoms with E-state index >= 15 is 0 Å². The largest absolute Gasteiger partial charge is 0.481 e. The number of carbonyl (C=O) groups is 4. The quantitative estimate of drug-likeness (QED) is 0.102. The Morgan fingerprint density at radius 2 is 1.08 bits per heavy atom. The molecule has 0 saturated carbocycles. The van der Waals surface area contributed by atoms with E-state index in [1.807, 2.05) is 0 Å². The molecule has 0 aromatic carbocycles. The number of rotatable bonds is 28. The normalized spacial score (nSPS) is 11.8. The number of nitrogens with one attached hydrogen (secondary N) is 1. The first-order valence-electron chi connectivity index (χ1n) is 14.6. The Balaban J connectivity index is 3.53. The molecule has 1 amide bonds. The van der Waals surface area contributed by atoms with E-state index in [-0.39, 0.29) is 31.0 Å². The van der Waals surface area contributed by atoms with Gasteiger partial charge in [-0.1, -0.05) is 89.9 Å². The van der Waals surface area contributed by atoms with E-state index in [9.17, 15) is 24.3 Å². The number of ketones is 1. The zero-order chi connectivity index (χ0) is 27.6. The number of carboxylic acid groups (broad SMARTS) is 2. The molecule has 0 aliphatic rings.